The minimum absolute atomic E-state index is 0.645. The second-order valence-electron chi connectivity index (χ2n) is 2.77. The molecule has 0 spiro atoms. The van der Waals surface area contributed by atoms with Crippen LogP contribution in [0.1, 0.15) is 6.92 Å². The van der Waals surface area contributed by atoms with E-state index in [4.69, 9.17) is 16.3 Å². The maximum atomic E-state index is 6.12. The molecule has 0 aliphatic rings. The number of fused-ring (bicyclic) bond motifs is 1. The summed E-state index contributed by atoms with van der Waals surface area (Å²) in [5.74, 6) is 0.812. The van der Waals surface area contributed by atoms with Crippen LogP contribution in [0.2, 0.25) is 5.02 Å². The van der Waals surface area contributed by atoms with Crippen molar-refractivity contribution >= 4 is 49.0 Å². The predicted molar refractivity (Wildman–Crippen MR) is 65.7 cm³/mol. The molecule has 0 atom stereocenters. The Morgan fingerprint density at radius 2 is 2.36 bits per heavy atom. The second-order valence-corrected chi connectivity index (χ2v) is 4.88. The Morgan fingerprint density at radius 3 is 3.07 bits per heavy atom. The largest absolute Gasteiger partial charge is 0.493 e. The van der Waals surface area contributed by atoms with Crippen LogP contribution in [-0.2, 0) is 0 Å². The van der Waals surface area contributed by atoms with Gasteiger partial charge in [-0.05, 0) is 34.3 Å². The number of thiophene rings is 1. The summed E-state index contributed by atoms with van der Waals surface area (Å²) in [5.41, 5.74) is 0. The fourth-order valence-corrected chi connectivity index (χ4v) is 3.18. The van der Waals surface area contributed by atoms with Crippen molar-refractivity contribution in [2.45, 2.75) is 6.92 Å². The fourth-order valence-electron chi connectivity index (χ4n) is 1.30. The lowest BCUT2D eigenvalue weighted by atomic mass is 10.2. The van der Waals surface area contributed by atoms with Crippen LogP contribution in [0, 0.1) is 0 Å². The molecule has 2 aromatic rings. The summed E-state index contributed by atoms with van der Waals surface area (Å²) in [6, 6.07) is 3.87. The molecule has 0 unspecified atom stereocenters. The standard InChI is InChI=1S/C10H8BrClOS/c1-2-13-8-5-7(12)6-3-4-14-10(6)9(8)11/h3-5H,2H2,1H3. The van der Waals surface area contributed by atoms with Gasteiger partial charge in [0.1, 0.15) is 5.75 Å². The molecule has 0 amide bonds. The molecule has 0 bridgehead atoms. The van der Waals surface area contributed by atoms with E-state index in [1.165, 1.54) is 0 Å². The number of hydrogen-bond acceptors (Lipinski definition) is 2. The zero-order chi connectivity index (χ0) is 10.1. The van der Waals surface area contributed by atoms with Gasteiger partial charge >= 0.3 is 0 Å². The number of hydrogen-bond donors (Lipinski definition) is 0. The summed E-state index contributed by atoms with van der Waals surface area (Å²) in [6.07, 6.45) is 0. The van der Waals surface area contributed by atoms with E-state index in [1.807, 2.05) is 24.4 Å². The summed E-state index contributed by atoms with van der Waals surface area (Å²) in [6.45, 7) is 2.60. The average molecular weight is 292 g/mol. The summed E-state index contributed by atoms with van der Waals surface area (Å²) >= 11 is 11.3. The minimum atomic E-state index is 0.645. The van der Waals surface area contributed by atoms with Crippen molar-refractivity contribution < 1.29 is 4.74 Å². The van der Waals surface area contributed by atoms with Crippen LogP contribution in [0.25, 0.3) is 10.1 Å². The van der Waals surface area contributed by atoms with Gasteiger partial charge in [-0.15, -0.1) is 11.3 Å². The molecule has 0 saturated heterocycles. The topological polar surface area (TPSA) is 9.23 Å². The Labute approximate surface area is 99.8 Å². The first-order valence-corrected chi connectivity index (χ1v) is 6.27. The average Bonchev–Trinajstić information content (AvgIpc) is 2.63. The molecular weight excluding hydrogens is 284 g/mol. The third-order valence-corrected chi connectivity index (χ3v) is 4.19. The number of halogens is 2. The first kappa shape index (κ1) is 10.3. The highest BCUT2D eigenvalue weighted by Crippen LogP contribution is 2.40. The third kappa shape index (κ3) is 1.64. The molecule has 0 aliphatic carbocycles. The molecule has 2 rings (SSSR count). The molecule has 0 aliphatic heterocycles. The molecule has 1 heterocycles. The quantitative estimate of drug-likeness (QED) is 0.778. The first-order valence-electron chi connectivity index (χ1n) is 4.22. The summed E-state index contributed by atoms with van der Waals surface area (Å²) < 4.78 is 7.60. The van der Waals surface area contributed by atoms with E-state index >= 15 is 0 Å². The second kappa shape index (κ2) is 4.09. The van der Waals surface area contributed by atoms with Crippen molar-refractivity contribution in [1.82, 2.24) is 0 Å². The van der Waals surface area contributed by atoms with E-state index in [0.717, 1.165) is 25.3 Å². The molecule has 1 aromatic carbocycles. The van der Waals surface area contributed by atoms with Gasteiger partial charge < -0.3 is 4.74 Å². The van der Waals surface area contributed by atoms with Gasteiger partial charge in [-0.2, -0.15) is 0 Å². The van der Waals surface area contributed by atoms with Crippen molar-refractivity contribution in [3.05, 3.63) is 27.0 Å². The van der Waals surface area contributed by atoms with Gasteiger partial charge in [-0.3, -0.25) is 0 Å². The van der Waals surface area contributed by atoms with Crippen LogP contribution < -0.4 is 4.74 Å². The summed E-state index contributed by atoms with van der Waals surface area (Å²) in [4.78, 5) is 0. The molecule has 74 valence electrons. The van der Waals surface area contributed by atoms with E-state index < -0.39 is 0 Å². The van der Waals surface area contributed by atoms with E-state index in [-0.39, 0.29) is 0 Å². The monoisotopic (exact) mass is 290 g/mol. The molecule has 14 heavy (non-hydrogen) atoms. The Hall–Kier alpha value is -0.250. The fraction of sp³-hybridized carbons (Fsp3) is 0.200. The van der Waals surface area contributed by atoms with Gasteiger partial charge in [-0.1, -0.05) is 11.6 Å². The highest BCUT2D eigenvalue weighted by Gasteiger charge is 2.10. The van der Waals surface area contributed by atoms with E-state index in [9.17, 15) is 0 Å². The minimum Gasteiger partial charge on any atom is -0.493 e. The maximum absolute atomic E-state index is 6.12. The summed E-state index contributed by atoms with van der Waals surface area (Å²) in [7, 11) is 0. The van der Waals surface area contributed by atoms with Crippen molar-refractivity contribution in [3.63, 3.8) is 0 Å². The normalized spacial score (nSPS) is 10.8. The third-order valence-electron chi connectivity index (χ3n) is 1.90. The number of rotatable bonds is 2. The van der Waals surface area contributed by atoms with Crippen LogP contribution in [0.15, 0.2) is 22.0 Å². The van der Waals surface area contributed by atoms with Gasteiger partial charge in [0.05, 0.1) is 20.8 Å². The van der Waals surface area contributed by atoms with Crippen LogP contribution in [0.3, 0.4) is 0 Å². The zero-order valence-electron chi connectivity index (χ0n) is 7.51. The number of ether oxygens (including phenoxy) is 1. The van der Waals surface area contributed by atoms with Gasteiger partial charge in [0.25, 0.3) is 0 Å². The SMILES string of the molecule is CCOc1cc(Cl)c2ccsc2c1Br. The number of benzene rings is 1. The van der Waals surface area contributed by atoms with Crippen molar-refractivity contribution in [3.8, 4) is 5.75 Å². The van der Waals surface area contributed by atoms with Crippen LogP contribution in [0.5, 0.6) is 5.75 Å². The molecule has 1 aromatic heterocycles. The Kier molecular flexibility index (Phi) is 3.00. The lowest BCUT2D eigenvalue weighted by molar-refractivity contribution is 0.339. The zero-order valence-corrected chi connectivity index (χ0v) is 10.7. The van der Waals surface area contributed by atoms with Gasteiger partial charge in [0.15, 0.2) is 0 Å². The van der Waals surface area contributed by atoms with Gasteiger partial charge in [0, 0.05) is 11.5 Å². The Morgan fingerprint density at radius 1 is 1.57 bits per heavy atom. The molecule has 0 saturated carbocycles. The van der Waals surface area contributed by atoms with E-state index in [0.29, 0.717) is 6.61 Å². The van der Waals surface area contributed by atoms with Gasteiger partial charge in [-0.25, -0.2) is 0 Å². The Bertz CT molecular complexity index is 466. The first-order chi connectivity index (χ1) is 6.74. The predicted octanol–water partition coefficient (Wildman–Crippen LogP) is 4.72. The molecule has 1 nitrogen and oxygen atoms in total. The highest BCUT2D eigenvalue weighted by molar-refractivity contribution is 9.10. The molecule has 0 N–H and O–H groups in total. The maximum Gasteiger partial charge on any atom is 0.136 e. The van der Waals surface area contributed by atoms with Crippen LogP contribution >= 0.6 is 38.9 Å². The van der Waals surface area contributed by atoms with Crippen molar-refractivity contribution in [2.75, 3.05) is 6.61 Å². The smallest absolute Gasteiger partial charge is 0.136 e. The van der Waals surface area contributed by atoms with E-state index in [2.05, 4.69) is 15.9 Å². The summed E-state index contributed by atoms with van der Waals surface area (Å²) in [5, 5.41) is 3.84. The highest BCUT2D eigenvalue weighted by atomic mass is 79.9. The Balaban J connectivity index is 2.68. The van der Waals surface area contributed by atoms with Crippen LogP contribution in [0.4, 0.5) is 0 Å². The van der Waals surface area contributed by atoms with Gasteiger partial charge in [0.2, 0.25) is 0 Å². The van der Waals surface area contributed by atoms with E-state index in [1.54, 1.807) is 11.3 Å². The molecule has 4 heteroatoms. The molecule has 0 fully saturated rings. The van der Waals surface area contributed by atoms with Crippen molar-refractivity contribution in [1.29, 1.82) is 0 Å². The lowest BCUT2D eigenvalue weighted by Crippen LogP contribution is -1.92. The molecule has 0 radical (unpaired) electrons. The lowest BCUT2D eigenvalue weighted by Gasteiger charge is -2.07. The van der Waals surface area contributed by atoms with Crippen LogP contribution in [-0.4, -0.2) is 6.61 Å². The van der Waals surface area contributed by atoms with Crippen molar-refractivity contribution in [2.24, 2.45) is 0 Å². The molecular formula is C10H8BrClOS.